The summed E-state index contributed by atoms with van der Waals surface area (Å²) in [6, 6.07) is 0. The number of likely N-dealkylation sites (tertiary alicyclic amines) is 2. The lowest BCUT2D eigenvalue weighted by Crippen LogP contribution is -2.36. The Balaban J connectivity index is 1.91. The molecule has 2 amide bonds. The highest BCUT2D eigenvalue weighted by Gasteiger charge is 2.38. The fraction of sp³-hybridized carbons (Fsp3) is 0.867. The molecule has 2 saturated heterocycles. The molecule has 0 aromatic carbocycles. The third kappa shape index (κ3) is 3.64. The van der Waals surface area contributed by atoms with Gasteiger partial charge in [0.2, 0.25) is 5.91 Å². The van der Waals surface area contributed by atoms with Crippen molar-refractivity contribution in [1.29, 1.82) is 0 Å². The van der Waals surface area contributed by atoms with Gasteiger partial charge in [-0.15, -0.1) is 0 Å². The van der Waals surface area contributed by atoms with E-state index in [1.54, 1.807) is 6.92 Å². The van der Waals surface area contributed by atoms with Crippen molar-refractivity contribution in [1.82, 2.24) is 9.80 Å². The lowest BCUT2D eigenvalue weighted by molar-refractivity contribution is -0.128. The second kappa shape index (κ2) is 5.62. The van der Waals surface area contributed by atoms with Crippen molar-refractivity contribution in [2.45, 2.75) is 46.1 Å². The van der Waals surface area contributed by atoms with Gasteiger partial charge >= 0.3 is 6.09 Å². The molecule has 2 aliphatic heterocycles. The van der Waals surface area contributed by atoms with Crippen LogP contribution in [0, 0.1) is 11.8 Å². The molecule has 2 unspecified atom stereocenters. The van der Waals surface area contributed by atoms with Gasteiger partial charge in [-0.05, 0) is 45.4 Å². The molecule has 0 aliphatic carbocycles. The van der Waals surface area contributed by atoms with E-state index in [-0.39, 0.29) is 12.0 Å². The second-order valence-electron chi connectivity index (χ2n) is 6.99. The summed E-state index contributed by atoms with van der Waals surface area (Å²) in [7, 11) is 0. The number of fused-ring (bicyclic) bond motifs is 1. The van der Waals surface area contributed by atoms with Gasteiger partial charge in [-0.1, -0.05) is 0 Å². The Hall–Kier alpha value is -1.26. The minimum Gasteiger partial charge on any atom is -0.444 e. The van der Waals surface area contributed by atoms with Gasteiger partial charge in [0.1, 0.15) is 5.60 Å². The van der Waals surface area contributed by atoms with E-state index < -0.39 is 5.60 Å². The molecule has 5 nitrogen and oxygen atoms in total. The van der Waals surface area contributed by atoms with Crippen LogP contribution < -0.4 is 0 Å². The lowest BCUT2D eigenvalue weighted by Gasteiger charge is -2.25. The van der Waals surface area contributed by atoms with E-state index >= 15 is 0 Å². The van der Waals surface area contributed by atoms with Crippen LogP contribution >= 0.6 is 0 Å². The van der Waals surface area contributed by atoms with Crippen LogP contribution in [-0.2, 0) is 9.53 Å². The first-order chi connectivity index (χ1) is 9.26. The molecule has 2 aliphatic rings. The average Bonchev–Trinajstić information content (AvgIpc) is 2.60. The largest absolute Gasteiger partial charge is 0.444 e. The molecule has 2 heterocycles. The molecular formula is C15H26N2O3. The number of hydrogen-bond donors (Lipinski definition) is 0. The first-order valence-corrected chi connectivity index (χ1v) is 7.49. The standard InChI is InChI=1S/C15H26N2O3/c1-11(18)16-7-5-12-9-17(10-13(12)6-8-16)14(19)20-15(2,3)4/h12-13H,5-10H2,1-4H3. The fourth-order valence-electron chi connectivity index (χ4n) is 3.14. The van der Waals surface area contributed by atoms with Crippen LogP contribution in [0.4, 0.5) is 4.79 Å². The number of hydrogen-bond acceptors (Lipinski definition) is 3. The maximum Gasteiger partial charge on any atom is 0.410 e. The van der Waals surface area contributed by atoms with E-state index in [2.05, 4.69) is 0 Å². The number of rotatable bonds is 0. The van der Waals surface area contributed by atoms with Crippen molar-refractivity contribution >= 4 is 12.0 Å². The van der Waals surface area contributed by atoms with E-state index in [1.165, 1.54) is 0 Å². The van der Waals surface area contributed by atoms with Gasteiger partial charge in [-0.2, -0.15) is 0 Å². The quantitative estimate of drug-likeness (QED) is 0.684. The maximum absolute atomic E-state index is 12.1. The Morgan fingerprint density at radius 1 is 1.00 bits per heavy atom. The van der Waals surface area contributed by atoms with E-state index in [9.17, 15) is 9.59 Å². The fourth-order valence-corrected chi connectivity index (χ4v) is 3.14. The van der Waals surface area contributed by atoms with Gasteiger partial charge in [-0.25, -0.2) is 4.79 Å². The number of amides is 2. The SMILES string of the molecule is CC(=O)N1CCC2CN(C(=O)OC(C)(C)C)CC2CC1. The average molecular weight is 282 g/mol. The van der Waals surface area contributed by atoms with Gasteiger partial charge in [-0.3, -0.25) is 4.79 Å². The summed E-state index contributed by atoms with van der Waals surface area (Å²) in [5.41, 5.74) is -0.437. The zero-order chi connectivity index (χ0) is 14.9. The third-order valence-corrected chi connectivity index (χ3v) is 4.21. The molecule has 114 valence electrons. The number of carbonyl (C=O) groups is 2. The maximum atomic E-state index is 12.1. The van der Waals surface area contributed by atoms with Crippen molar-refractivity contribution in [2.24, 2.45) is 11.8 Å². The van der Waals surface area contributed by atoms with Crippen LogP contribution in [0.5, 0.6) is 0 Å². The van der Waals surface area contributed by atoms with Crippen LogP contribution in [0.15, 0.2) is 0 Å². The Morgan fingerprint density at radius 2 is 1.50 bits per heavy atom. The monoisotopic (exact) mass is 282 g/mol. The van der Waals surface area contributed by atoms with E-state index in [0.717, 1.165) is 39.0 Å². The first-order valence-electron chi connectivity index (χ1n) is 7.49. The summed E-state index contributed by atoms with van der Waals surface area (Å²) in [6.45, 7) is 10.5. The predicted octanol–water partition coefficient (Wildman–Crippen LogP) is 2.11. The molecule has 0 N–H and O–H groups in total. The Bertz CT molecular complexity index is 373. The molecule has 0 aromatic heterocycles. The minimum absolute atomic E-state index is 0.161. The third-order valence-electron chi connectivity index (χ3n) is 4.21. The van der Waals surface area contributed by atoms with Crippen LogP contribution in [0.25, 0.3) is 0 Å². The summed E-state index contributed by atoms with van der Waals surface area (Å²) >= 11 is 0. The van der Waals surface area contributed by atoms with Crippen LogP contribution in [-0.4, -0.2) is 53.6 Å². The molecule has 2 atom stereocenters. The summed E-state index contributed by atoms with van der Waals surface area (Å²) < 4.78 is 5.44. The molecule has 0 spiro atoms. The van der Waals surface area contributed by atoms with Gasteiger partial charge in [0, 0.05) is 33.1 Å². The molecule has 5 heteroatoms. The Labute approximate surface area is 121 Å². The van der Waals surface area contributed by atoms with E-state index in [4.69, 9.17) is 4.74 Å². The Morgan fingerprint density at radius 3 is 1.90 bits per heavy atom. The number of nitrogens with zero attached hydrogens (tertiary/aromatic N) is 2. The summed E-state index contributed by atoms with van der Waals surface area (Å²) in [5, 5.41) is 0. The van der Waals surface area contributed by atoms with Gasteiger partial charge in [0.15, 0.2) is 0 Å². The van der Waals surface area contributed by atoms with Crippen LogP contribution in [0.3, 0.4) is 0 Å². The van der Waals surface area contributed by atoms with Gasteiger partial charge in [0.05, 0.1) is 0 Å². The van der Waals surface area contributed by atoms with Crippen LogP contribution in [0.2, 0.25) is 0 Å². The van der Waals surface area contributed by atoms with E-state index in [0.29, 0.717) is 11.8 Å². The van der Waals surface area contributed by atoms with Gasteiger partial charge < -0.3 is 14.5 Å². The highest BCUT2D eigenvalue weighted by atomic mass is 16.6. The normalized spacial score (nSPS) is 27.0. The molecule has 0 aromatic rings. The lowest BCUT2D eigenvalue weighted by atomic mass is 9.92. The zero-order valence-electron chi connectivity index (χ0n) is 13.0. The highest BCUT2D eigenvalue weighted by molar-refractivity contribution is 5.73. The van der Waals surface area contributed by atoms with Crippen molar-refractivity contribution in [3.8, 4) is 0 Å². The smallest absolute Gasteiger partial charge is 0.410 e. The molecule has 20 heavy (non-hydrogen) atoms. The molecule has 0 saturated carbocycles. The molecular weight excluding hydrogens is 256 g/mol. The van der Waals surface area contributed by atoms with E-state index in [1.807, 2.05) is 30.6 Å². The second-order valence-corrected chi connectivity index (χ2v) is 6.99. The minimum atomic E-state index is -0.437. The van der Waals surface area contributed by atoms with Crippen molar-refractivity contribution in [2.75, 3.05) is 26.2 Å². The zero-order valence-corrected chi connectivity index (χ0v) is 13.0. The van der Waals surface area contributed by atoms with Crippen molar-refractivity contribution < 1.29 is 14.3 Å². The molecule has 0 bridgehead atoms. The molecule has 0 radical (unpaired) electrons. The number of carbonyl (C=O) groups excluding carboxylic acids is 2. The van der Waals surface area contributed by atoms with Crippen molar-refractivity contribution in [3.63, 3.8) is 0 Å². The molecule has 2 rings (SSSR count). The van der Waals surface area contributed by atoms with Crippen LogP contribution in [0.1, 0.15) is 40.5 Å². The topological polar surface area (TPSA) is 49.9 Å². The number of ether oxygens (including phenoxy) is 1. The van der Waals surface area contributed by atoms with Crippen molar-refractivity contribution in [3.05, 3.63) is 0 Å². The predicted molar refractivity (Wildman–Crippen MR) is 76.3 cm³/mol. The molecule has 2 fully saturated rings. The Kier molecular flexibility index (Phi) is 4.25. The van der Waals surface area contributed by atoms with Gasteiger partial charge in [0.25, 0.3) is 0 Å². The summed E-state index contributed by atoms with van der Waals surface area (Å²) in [4.78, 5) is 27.3. The first kappa shape index (κ1) is 15.1. The highest BCUT2D eigenvalue weighted by Crippen LogP contribution is 2.32. The summed E-state index contributed by atoms with van der Waals surface area (Å²) in [6.07, 6.45) is 1.78. The summed E-state index contributed by atoms with van der Waals surface area (Å²) in [5.74, 6) is 1.17.